The zero-order valence-corrected chi connectivity index (χ0v) is 17.8. The van der Waals surface area contributed by atoms with Gasteiger partial charge in [-0.3, -0.25) is 9.48 Å². The molecule has 1 aliphatic heterocycles. The van der Waals surface area contributed by atoms with E-state index in [2.05, 4.69) is 45.0 Å². The first-order valence-corrected chi connectivity index (χ1v) is 10.2. The average molecular weight is 442 g/mol. The molecule has 0 spiro atoms. The Morgan fingerprint density at radius 1 is 1.38 bits per heavy atom. The summed E-state index contributed by atoms with van der Waals surface area (Å²) in [6.07, 6.45) is 2.09. The van der Waals surface area contributed by atoms with Gasteiger partial charge in [0.05, 0.1) is 17.4 Å². The van der Waals surface area contributed by atoms with Crippen LogP contribution in [0.3, 0.4) is 0 Å². The second kappa shape index (κ2) is 8.89. The van der Waals surface area contributed by atoms with E-state index in [1.54, 1.807) is 18.3 Å². The maximum atomic E-state index is 13.2. The quantitative estimate of drug-likeness (QED) is 0.590. The predicted molar refractivity (Wildman–Crippen MR) is 116 cm³/mol. The molecule has 4 heterocycles. The number of alkyl halides is 2. The van der Waals surface area contributed by atoms with E-state index < -0.39 is 18.0 Å². The summed E-state index contributed by atoms with van der Waals surface area (Å²) in [6, 6.07) is 3.49. The Bertz CT molecular complexity index is 1180. The first kappa shape index (κ1) is 21.7. The number of hydrogen-bond donors (Lipinski definition) is 2. The van der Waals surface area contributed by atoms with E-state index >= 15 is 0 Å². The Kier molecular flexibility index (Phi) is 6.02. The van der Waals surface area contributed by atoms with Crippen molar-refractivity contribution in [3.8, 4) is 0 Å². The number of nitrogens with zero attached hydrogens (tertiary/aromatic N) is 6. The van der Waals surface area contributed by atoms with Crippen LogP contribution >= 0.6 is 0 Å². The molecule has 1 saturated heterocycles. The summed E-state index contributed by atoms with van der Waals surface area (Å²) in [6.45, 7) is 7.88. The lowest BCUT2D eigenvalue weighted by Gasteiger charge is -2.23. The molecule has 1 aliphatic rings. The van der Waals surface area contributed by atoms with Gasteiger partial charge in [-0.25, -0.2) is 18.3 Å². The third-order valence-corrected chi connectivity index (χ3v) is 5.25. The number of carbonyl (C=O) groups excluding carboxylic acids is 1. The fourth-order valence-electron chi connectivity index (χ4n) is 3.77. The maximum absolute atomic E-state index is 13.2. The highest BCUT2D eigenvalue weighted by Gasteiger charge is 2.24. The highest BCUT2D eigenvalue weighted by atomic mass is 19.3. The molecule has 3 aromatic rings. The number of aromatic nitrogens is 5. The number of carbonyl (C=O) groups is 1. The van der Waals surface area contributed by atoms with Gasteiger partial charge in [-0.05, 0) is 25.1 Å². The fraction of sp³-hybridized carbons (Fsp3) is 0.381. The molecule has 0 aliphatic carbocycles. The van der Waals surface area contributed by atoms with Gasteiger partial charge in [0.1, 0.15) is 5.69 Å². The molecule has 4 rings (SSSR count). The average Bonchev–Trinajstić information content (AvgIpc) is 3.28. The maximum Gasteiger partial charge on any atom is 0.284 e. The lowest BCUT2D eigenvalue weighted by molar-refractivity contribution is 0.101. The Morgan fingerprint density at radius 3 is 2.94 bits per heavy atom. The van der Waals surface area contributed by atoms with Crippen molar-refractivity contribution >= 4 is 23.1 Å². The van der Waals surface area contributed by atoms with Crippen molar-refractivity contribution in [2.24, 2.45) is 13.0 Å². The second-order valence-corrected chi connectivity index (χ2v) is 7.82. The van der Waals surface area contributed by atoms with Crippen LogP contribution in [0.2, 0.25) is 0 Å². The van der Waals surface area contributed by atoms with E-state index in [0.29, 0.717) is 24.6 Å². The predicted octanol–water partition coefficient (Wildman–Crippen LogP) is 2.41. The summed E-state index contributed by atoms with van der Waals surface area (Å²) in [4.78, 5) is 19.4. The molecule has 0 unspecified atom stereocenters. The third kappa shape index (κ3) is 4.39. The van der Waals surface area contributed by atoms with Gasteiger partial charge in [0.15, 0.2) is 5.69 Å². The number of aryl methyl sites for hydroxylation is 1. The van der Waals surface area contributed by atoms with Crippen LogP contribution in [-0.4, -0.2) is 56.0 Å². The Labute approximate surface area is 183 Å². The first-order chi connectivity index (χ1) is 15.4. The summed E-state index contributed by atoms with van der Waals surface area (Å²) in [5.41, 5.74) is 3.14. The van der Waals surface area contributed by atoms with E-state index in [0.717, 1.165) is 6.54 Å². The summed E-state index contributed by atoms with van der Waals surface area (Å²) < 4.78 is 29.1. The van der Waals surface area contributed by atoms with Crippen LogP contribution in [0.15, 0.2) is 42.9 Å². The van der Waals surface area contributed by atoms with Gasteiger partial charge in [0, 0.05) is 44.8 Å². The molecule has 0 bridgehead atoms. The van der Waals surface area contributed by atoms with E-state index in [1.807, 2.05) is 11.0 Å². The van der Waals surface area contributed by atoms with E-state index in [4.69, 9.17) is 0 Å². The highest BCUT2D eigenvalue weighted by molar-refractivity contribution is 6.04. The molecule has 0 radical (unpaired) electrons. The fourth-order valence-corrected chi connectivity index (χ4v) is 3.77. The number of fused-ring (bicyclic) bond motifs is 1. The van der Waals surface area contributed by atoms with Crippen LogP contribution in [0.4, 0.5) is 20.4 Å². The molecular weight excluding hydrogens is 418 g/mol. The Morgan fingerprint density at radius 2 is 2.19 bits per heavy atom. The van der Waals surface area contributed by atoms with Crippen LogP contribution in [0.1, 0.15) is 29.5 Å². The zero-order valence-electron chi connectivity index (χ0n) is 17.8. The highest BCUT2D eigenvalue weighted by Crippen LogP contribution is 2.26. The summed E-state index contributed by atoms with van der Waals surface area (Å²) in [5.74, 6) is 0.0841. The molecule has 1 amide bonds. The minimum absolute atomic E-state index is 0.0387. The van der Waals surface area contributed by atoms with Gasteiger partial charge in [-0.2, -0.15) is 5.10 Å². The van der Waals surface area contributed by atoms with Gasteiger partial charge < -0.3 is 15.5 Å². The molecular formula is C21H24F2N8O. The number of rotatable bonds is 5. The summed E-state index contributed by atoms with van der Waals surface area (Å²) >= 11 is 0. The van der Waals surface area contributed by atoms with Crippen molar-refractivity contribution in [3.05, 3.63) is 54.3 Å². The number of anilines is 2. The molecule has 11 heteroatoms. The van der Waals surface area contributed by atoms with Crippen molar-refractivity contribution in [1.82, 2.24) is 29.7 Å². The Balaban J connectivity index is 1.64. The molecule has 9 nitrogen and oxygen atoms in total. The van der Waals surface area contributed by atoms with Crippen molar-refractivity contribution in [2.75, 3.05) is 29.9 Å². The third-order valence-electron chi connectivity index (χ3n) is 5.25. The van der Waals surface area contributed by atoms with E-state index in [-0.39, 0.29) is 23.3 Å². The minimum Gasteiger partial charge on any atom is -0.337 e. The van der Waals surface area contributed by atoms with E-state index in [1.165, 1.54) is 22.4 Å². The first-order valence-electron chi connectivity index (χ1n) is 10.2. The minimum atomic E-state index is -2.80. The summed E-state index contributed by atoms with van der Waals surface area (Å²) in [7, 11) is 1.51. The van der Waals surface area contributed by atoms with Gasteiger partial charge in [0.2, 0.25) is 5.95 Å². The van der Waals surface area contributed by atoms with Crippen molar-refractivity contribution < 1.29 is 13.6 Å². The normalized spacial score (nSPS) is 19.1. The standard InChI is InChI=1S/C21H24F2N8O/c1-4-5-14-8-24-13(2)10-30(11-14)21-25-9-15-6-7-17(31(15)28-21)20(32)26-16-12-29(3)27-18(16)19(22)23/h5-7,9,12-14,19,24H,1,8,10-11H2,2-3H3,(H,26,32)/t13-,14-/m1/s1. The van der Waals surface area contributed by atoms with Crippen molar-refractivity contribution in [3.63, 3.8) is 0 Å². The van der Waals surface area contributed by atoms with Gasteiger partial charge in [-0.1, -0.05) is 6.58 Å². The van der Waals surface area contributed by atoms with Crippen molar-refractivity contribution in [1.29, 1.82) is 0 Å². The molecule has 2 N–H and O–H groups in total. The van der Waals surface area contributed by atoms with Crippen LogP contribution < -0.4 is 15.5 Å². The Hall–Kier alpha value is -3.56. The largest absolute Gasteiger partial charge is 0.337 e. The molecule has 0 aromatic carbocycles. The zero-order chi connectivity index (χ0) is 22.8. The van der Waals surface area contributed by atoms with Crippen molar-refractivity contribution in [2.45, 2.75) is 19.4 Å². The molecule has 0 saturated carbocycles. The SMILES string of the molecule is C=C=C[C@@H]1CN[C@H](C)CN(c2ncc3ccc(C(=O)Nc4cn(C)nc4C(F)F)n3n2)C1. The number of hydrogen-bond acceptors (Lipinski definition) is 6. The molecule has 1 fully saturated rings. The molecule has 32 heavy (non-hydrogen) atoms. The number of amides is 1. The summed E-state index contributed by atoms with van der Waals surface area (Å²) in [5, 5.41) is 14.3. The smallest absolute Gasteiger partial charge is 0.284 e. The van der Waals surface area contributed by atoms with Crippen LogP contribution in [0, 0.1) is 5.92 Å². The molecule has 168 valence electrons. The van der Waals surface area contributed by atoms with E-state index in [9.17, 15) is 13.6 Å². The second-order valence-electron chi connectivity index (χ2n) is 7.82. The lowest BCUT2D eigenvalue weighted by Crippen LogP contribution is -2.36. The van der Waals surface area contributed by atoms with Crippen LogP contribution in [0.25, 0.3) is 5.52 Å². The van der Waals surface area contributed by atoms with Crippen LogP contribution in [-0.2, 0) is 7.05 Å². The lowest BCUT2D eigenvalue weighted by atomic mass is 10.1. The monoisotopic (exact) mass is 442 g/mol. The number of nitrogens with one attached hydrogen (secondary N) is 2. The van der Waals surface area contributed by atoms with Gasteiger partial charge in [-0.15, -0.1) is 10.8 Å². The van der Waals surface area contributed by atoms with Gasteiger partial charge >= 0.3 is 0 Å². The topological polar surface area (TPSA) is 92.4 Å². The van der Waals surface area contributed by atoms with Gasteiger partial charge in [0.25, 0.3) is 12.3 Å². The number of halogens is 2. The van der Waals surface area contributed by atoms with Crippen LogP contribution in [0.5, 0.6) is 0 Å². The molecule has 2 atom stereocenters. The molecule has 3 aromatic heterocycles.